The first-order valence-electron chi connectivity index (χ1n) is 5.98. The molecule has 0 radical (unpaired) electrons. The van der Waals surface area contributed by atoms with Crippen molar-refractivity contribution in [3.05, 3.63) is 52.0 Å². The number of rotatable bonds is 5. The van der Waals surface area contributed by atoms with E-state index in [1.54, 1.807) is 11.3 Å². The lowest BCUT2D eigenvalue weighted by Crippen LogP contribution is -2.14. The number of nitrogens with zero attached hydrogens (tertiary/aromatic N) is 1. The minimum atomic E-state index is 0.462. The molecule has 0 aliphatic heterocycles. The van der Waals surface area contributed by atoms with Crippen LogP contribution in [0.1, 0.15) is 35.5 Å². The molecule has 1 aromatic carbocycles. The monoisotopic (exact) mass is 246 g/mol. The van der Waals surface area contributed by atoms with Crippen LogP contribution in [0.4, 0.5) is 0 Å². The van der Waals surface area contributed by atoms with Gasteiger partial charge in [-0.3, -0.25) is 0 Å². The highest BCUT2D eigenvalue weighted by Crippen LogP contribution is 2.18. The van der Waals surface area contributed by atoms with E-state index in [-0.39, 0.29) is 0 Å². The molecule has 0 spiro atoms. The van der Waals surface area contributed by atoms with Crippen LogP contribution in [0.5, 0.6) is 0 Å². The van der Waals surface area contributed by atoms with Gasteiger partial charge < -0.3 is 5.32 Å². The van der Waals surface area contributed by atoms with Crippen molar-refractivity contribution in [1.29, 1.82) is 0 Å². The number of benzene rings is 1. The summed E-state index contributed by atoms with van der Waals surface area (Å²) in [5, 5.41) is 6.53. The molecule has 2 aromatic rings. The molecule has 0 bridgehead atoms. The van der Waals surface area contributed by atoms with Crippen LogP contribution in [0.3, 0.4) is 0 Å². The van der Waals surface area contributed by atoms with Gasteiger partial charge in [0.1, 0.15) is 0 Å². The van der Waals surface area contributed by atoms with Crippen LogP contribution in [-0.4, -0.2) is 12.0 Å². The minimum absolute atomic E-state index is 0.462. The van der Waals surface area contributed by atoms with Crippen LogP contribution in [0.25, 0.3) is 0 Å². The van der Waals surface area contributed by atoms with Gasteiger partial charge >= 0.3 is 0 Å². The molecule has 2 nitrogen and oxygen atoms in total. The first kappa shape index (κ1) is 12.3. The smallest absolute Gasteiger partial charge is 0.0968 e. The van der Waals surface area contributed by atoms with Crippen molar-refractivity contribution in [2.45, 2.75) is 25.8 Å². The Bertz CT molecular complexity index is 430. The highest BCUT2D eigenvalue weighted by Gasteiger charge is 2.06. The molecular formula is C14H18N2S. The lowest BCUT2D eigenvalue weighted by Gasteiger charge is -2.14. The average Bonchev–Trinajstić information content (AvgIpc) is 2.86. The Kier molecular flexibility index (Phi) is 4.29. The van der Waals surface area contributed by atoms with Crippen LogP contribution in [0, 0.1) is 0 Å². The number of hydrogen-bond donors (Lipinski definition) is 1. The molecule has 1 N–H and O–H groups in total. The van der Waals surface area contributed by atoms with E-state index in [2.05, 4.69) is 41.5 Å². The Morgan fingerprint density at radius 1 is 1.29 bits per heavy atom. The molecule has 0 saturated carbocycles. The van der Waals surface area contributed by atoms with Crippen molar-refractivity contribution in [2.24, 2.45) is 0 Å². The van der Waals surface area contributed by atoms with Gasteiger partial charge in [0.25, 0.3) is 0 Å². The molecule has 1 atom stereocenters. The third-order valence-corrected chi connectivity index (χ3v) is 3.76. The number of thiazole rings is 1. The Morgan fingerprint density at radius 2 is 2.06 bits per heavy atom. The lowest BCUT2D eigenvalue weighted by molar-refractivity contribution is 0.577. The first-order chi connectivity index (χ1) is 8.33. The molecule has 0 amide bonds. The summed E-state index contributed by atoms with van der Waals surface area (Å²) in [4.78, 5) is 4.31. The van der Waals surface area contributed by atoms with Crippen molar-refractivity contribution >= 4 is 11.3 Å². The van der Waals surface area contributed by atoms with Crippen LogP contribution in [-0.2, 0) is 6.42 Å². The van der Waals surface area contributed by atoms with E-state index in [1.165, 1.54) is 16.1 Å². The van der Waals surface area contributed by atoms with Gasteiger partial charge in [-0.05, 0) is 24.6 Å². The molecule has 1 aromatic heterocycles. The van der Waals surface area contributed by atoms with Crippen molar-refractivity contribution < 1.29 is 0 Å². The Labute approximate surface area is 107 Å². The van der Waals surface area contributed by atoms with E-state index in [1.807, 2.05) is 18.6 Å². The van der Waals surface area contributed by atoms with Gasteiger partial charge in [-0.25, -0.2) is 4.98 Å². The van der Waals surface area contributed by atoms with E-state index in [4.69, 9.17) is 0 Å². The average molecular weight is 246 g/mol. The Morgan fingerprint density at radius 3 is 2.59 bits per heavy atom. The van der Waals surface area contributed by atoms with E-state index in [0.29, 0.717) is 6.04 Å². The van der Waals surface area contributed by atoms with Gasteiger partial charge in [-0.15, -0.1) is 11.3 Å². The van der Waals surface area contributed by atoms with Gasteiger partial charge in [0.05, 0.1) is 5.01 Å². The van der Waals surface area contributed by atoms with Gasteiger partial charge in [0.15, 0.2) is 0 Å². The highest BCUT2D eigenvalue weighted by molar-refractivity contribution is 7.09. The largest absolute Gasteiger partial charge is 0.313 e. The minimum Gasteiger partial charge on any atom is -0.313 e. The summed E-state index contributed by atoms with van der Waals surface area (Å²) in [6.07, 6.45) is 3.92. The Hall–Kier alpha value is -1.19. The van der Waals surface area contributed by atoms with Crippen LogP contribution in [0.2, 0.25) is 0 Å². The molecular weight excluding hydrogens is 228 g/mol. The molecule has 0 fully saturated rings. The van der Waals surface area contributed by atoms with Crippen LogP contribution >= 0.6 is 11.3 Å². The maximum Gasteiger partial charge on any atom is 0.0968 e. The summed E-state index contributed by atoms with van der Waals surface area (Å²) < 4.78 is 0. The van der Waals surface area contributed by atoms with Crippen molar-refractivity contribution in [3.8, 4) is 0 Å². The maximum atomic E-state index is 4.31. The van der Waals surface area contributed by atoms with Crippen LogP contribution in [0.15, 0.2) is 35.8 Å². The third-order valence-electron chi connectivity index (χ3n) is 2.98. The summed E-state index contributed by atoms with van der Waals surface area (Å²) >= 11 is 1.71. The second-order valence-corrected chi connectivity index (χ2v) is 5.07. The molecule has 1 unspecified atom stereocenters. The van der Waals surface area contributed by atoms with Crippen molar-refractivity contribution in [3.63, 3.8) is 0 Å². The van der Waals surface area contributed by atoms with E-state index < -0.39 is 0 Å². The quantitative estimate of drug-likeness (QED) is 0.874. The SMILES string of the molecule is CCC(NC)c1ccc(Cc2nccs2)cc1. The molecule has 0 aliphatic rings. The molecule has 1 heterocycles. The fraction of sp³-hybridized carbons (Fsp3) is 0.357. The van der Waals surface area contributed by atoms with Gasteiger partial charge in [-0.1, -0.05) is 31.2 Å². The topological polar surface area (TPSA) is 24.9 Å². The summed E-state index contributed by atoms with van der Waals surface area (Å²) in [6.45, 7) is 2.20. The summed E-state index contributed by atoms with van der Waals surface area (Å²) in [6, 6.07) is 9.30. The van der Waals surface area contributed by atoms with E-state index in [9.17, 15) is 0 Å². The molecule has 3 heteroatoms. The normalized spacial score (nSPS) is 12.6. The first-order valence-corrected chi connectivity index (χ1v) is 6.86. The number of aromatic nitrogens is 1. The number of hydrogen-bond acceptors (Lipinski definition) is 3. The fourth-order valence-corrected chi connectivity index (χ4v) is 2.64. The summed E-state index contributed by atoms with van der Waals surface area (Å²) in [5.41, 5.74) is 2.69. The fourth-order valence-electron chi connectivity index (χ4n) is 1.99. The highest BCUT2D eigenvalue weighted by atomic mass is 32.1. The second kappa shape index (κ2) is 5.94. The zero-order valence-electron chi connectivity index (χ0n) is 10.3. The molecule has 0 saturated heterocycles. The summed E-state index contributed by atoms with van der Waals surface area (Å²) in [5.74, 6) is 0. The van der Waals surface area contributed by atoms with Gasteiger partial charge in [-0.2, -0.15) is 0 Å². The van der Waals surface area contributed by atoms with E-state index >= 15 is 0 Å². The molecule has 90 valence electrons. The summed E-state index contributed by atoms with van der Waals surface area (Å²) in [7, 11) is 2.01. The molecule has 2 rings (SSSR count). The lowest BCUT2D eigenvalue weighted by atomic mass is 10.0. The van der Waals surface area contributed by atoms with E-state index in [0.717, 1.165) is 12.8 Å². The maximum absolute atomic E-state index is 4.31. The van der Waals surface area contributed by atoms with Gasteiger partial charge in [0.2, 0.25) is 0 Å². The molecule has 17 heavy (non-hydrogen) atoms. The second-order valence-electron chi connectivity index (χ2n) is 4.09. The zero-order valence-corrected chi connectivity index (χ0v) is 11.1. The number of nitrogens with one attached hydrogen (secondary N) is 1. The molecule has 0 aliphatic carbocycles. The van der Waals surface area contributed by atoms with Crippen LogP contribution < -0.4 is 5.32 Å². The predicted octanol–water partition coefficient (Wildman–Crippen LogP) is 3.40. The predicted molar refractivity (Wildman–Crippen MR) is 73.5 cm³/mol. The van der Waals surface area contributed by atoms with Crippen molar-refractivity contribution in [1.82, 2.24) is 10.3 Å². The third kappa shape index (κ3) is 3.14. The van der Waals surface area contributed by atoms with Crippen molar-refractivity contribution in [2.75, 3.05) is 7.05 Å². The zero-order chi connectivity index (χ0) is 12.1. The standard InChI is InChI=1S/C14H18N2S/c1-3-13(15-2)12-6-4-11(5-7-12)10-14-16-8-9-17-14/h4-9,13,15H,3,10H2,1-2H3. The Balaban J connectivity index is 2.07. The van der Waals surface area contributed by atoms with Gasteiger partial charge in [0, 0.05) is 24.0 Å².